The van der Waals surface area contributed by atoms with E-state index < -0.39 is 12.0 Å². The van der Waals surface area contributed by atoms with Crippen LogP contribution in [0.5, 0.6) is 0 Å². The molecule has 1 aliphatic heterocycles. The van der Waals surface area contributed by atoms with Crippen LogP contribution in [-0.2, 0) is 9.59 Å². The van der Waals surface area contributed by atoms with Crippen molar-refractivity contribution in [2.75, 3.05) is 33.2 Å². The number of piperazine rings is 1. The SMILES string of the molecule is CNC(=O)CCN1CCNCC1C(=O)O. The molecule has 1 amide bonds. The van der Waals surface area contributed by atoms with Crippen LogP contribution in [0.4, 0.5) is 0 Å². The van der Waals surface area contributed by atoms with Gasteiger partial charge in [0.15, 0.2) is 0 Å². The zero-order chi connectivity index (χ0) is 11.3. The average molecular weight is 215 g/mol. The van der Waals surface area contributed by atoms with Gasteiger partial charge in [-0.3, -0.25) is 14.5 Å². The Bertz CT molecular complexity index is 245. The number of nitrogens with one attached hydrogen (secondary N) is 2. The van der Waals surface area contributed by atoms with Crippen LogP contribution in [0.15, 0.2) is 0 Å². The number of carboxylic acid groups (broad SMARTS) is 1. The summed E-state index contributed by atoms with van der Waals surface area (Å²) in [5.41, 5.74) is 0. The van der Waals surface area contributed by atoms with Gasteiger partial charge < -0.3 is 15.7 Å². The Morgan fingerprint density at radius 2 is 2.33 bits per heavy atom. The normalized spacial score (nSPS) is 22.3. The molecule has 15 heavy (non-hydrogen) atoms. The van der Waals surface area contributed by atoms with E-state index >= 15 is 0 Å². The number of rotatable bonds is 4. The van der Waals surface area contributed by atoms with Crippen LogP contribution in [0.3, 0.4) is 0 Å². The maximum Gasteiger partial charge on any atom is 0.322 e. The van der Waals surface area contributed by atoms with Crippen molar-refractivity contribution in [3.05, 3.63) is 0 Å². The van der Waals surface area contributed by atoms with Crippen LogP contribution < -0.4 is 10.6 Å². The number of hydrogen-bond acceptors (Lipinski definition) is 4. The highest BCUT2D eigenvalue weighted by molar-refractivity contribution is 5.76. The molecule has 0 bridgehead atoms. The van der Waals surface area contributed by atoms with Crippen molar-refractivity contribution in [3.63, 3.8) is 0 Å². The maximum absolute atomic E-state index is 11.0. The maximum atomic E-state index is 11.0. The fourth-order valence-electron chi connectivity index (χ4n) is 1.63. The lowest BCUT2D eigenvalue weighted by molar-refractivity contribution is -0.144. The molecule has 1 unspecified atom stereocenters. The van der Waals surface area contributed by atoms with E-state index in [1.807, 2.05) is 4.90 Å². The Labute approximate surface area is 88.6 Å². The van der Waals surface area contributed by atoms with Crippen molar-refractivity contribution in [2.45, 2.75) is 12.5 Å². The molecular formula is C9H17N3O3. The summed E-state index contributed by atoms with van der Waals surface area (Å²) in [6, 6.07) is -0.511. The Morgan fingerprint density at radius 3 is 2.93 bits per heavy atom. The third-order valence-corrected chi connectivity index (χ3v) is 2.54. The molecule has 6 nitrogen and oxygen atoms in total. The summed E-state index contributed by atoms with van der Waals surface area (Å²) < 4.78 is 0. The van der Waals surface area contributed by atoms with Gasteiger partial charge in [0.1, 0.15) is 6.04 Å². The lowest BCUT2D eigenvalue weighted by Gasteiger charge is -2.33. The Hall–Kier alpha value is -1.14. The van der Waals surface area contributed by atoms with Gasteiger partial charge in [-0.2, -0.15) is 0 Å². The van der Waals surface area contributed by atoms with Gasteiger partial charge in [0.2, 0.25) is 5.91 Å². The lowest BCUT2D eigenvalue weighted by atomic mass is 10.2. The van der Waals surface area contributed by atoms with Gasteiger partial charge in [0, 0.05) is 39.6 Å². The number of hydrogen-bond donors (Lipinski definition) is 3. The number of carboxylic acids is 1. The molecule has 1 atom stereocenters. The molecule has 3 N–H and O–H groups in total. The molecule has 6 heteroatoms. The van der Waals surface area contributed by atoms with E-state index in [1.54, 1.807) is 7.05 Å². The minimum atomic E-state index is -0.834. The molecule has 0 spiro atoms. The number of nitrogens with zero attached hydrogens (tertiary/aromatic N) is 1. The van der Waals surface area contributed by atoms with E-state index in [0.717, 1.165) is 6.54 Å². The summed E-state index contributed by atoms with van der Waals surface area (Å²) >= 11 is 0. The van der Waals surface area contributed by atoms with Crippen LogP contribution >= 0.6 is 0 Å². The summed E-state index contributed by atoms with van der Waals surface area (Å²) in [5.74, 6) is -0.892. The molecule has 0 aromatic rings. The molecule has 86 valence electrons. The summed E-state index contributed by atoms with van der Waals surface area (Å²) in [5, 5.41) is 14.5. The summed E-state index contributed by atoms with van der Waals surface area (Å²) in [7, 11) is 1.58. The van der Waals surface area contributed by atoms with Crippen LogP contribution in [-0.4, -0.2) is 61.2 Å². The summed E-state index contributed by atoms with van der Waals surface area (Å²) in [6.07, 6.45) is 0.347. The van der Waals surface area contributed by atoms with E-state index in [9.17, 15) is 9.59 Å². The molecule has 0 saturated carbocycles. The van der Waals surface area contributed by atoms with Crippen molar-refractivity contribution < 1.29 is 14.7 Å². The van der Waals surface area contributed by atoms with Crippen LogP contribution in [0, 0.1) is 0 Å². The van der Waals surface area contributed by atoms with Crippen molar-refractivity contribution in [3.8, 4) is 0 Å². The number of amides is 1. The van der Waals surface area contributed by atoms with Crippen molar-refractivity contribution >= 4 is 11.9 Å². The number of aliphatic carboxylic acids is 1. The lowest BCUT2D eigenvalue weighted by Crippen LogP contribution is -2.55. The predicted molar refractivity (Wildman–Crippen MR) is 54.6 cm³/mol. The van der Waals surface area contributed by atoms with Crippen LogP contribution in [0.1, 0.15) is 6.42 Å². The molecule has 1 saturated heterocycles. The highest BCUT2D eigenvalue weighted by atomic mass is 16.4. The molecule has 1 heterocycles. The fourth-order valence-corrected chi connectivity index (χ4v) is 1.63. The monoisotopic (exact) mass is 215 g/mol. The second kappa shape index (κ2) is 5.67. The van der Waals surface area contributed by atoms with Crippen molar-refractivity contribution in [1.82, 2.24) is 15.5 Å². The Morgan fingerprint density at radius 1 is 1.60 bits per heavy atom. The van der Waals surface area contributed by atoms with Gasteiger partial charge in [-0.25, -0.2) is 0 Å². The van der Waals surface area contributed by atoms with Gasteiger partial charge in [-0.15, -0.1) is 0 Å². The van der Waals surface area contributed by atoms with E-state index in [2.05, 4.69) is 10.6 Å². The molecule has 0 radical (unpaired) electrons. The summed E-state index contributed by atoms with van der Waals surface area (Å²) in [4.78, 5) is 23.8. The number of carbonyl (C=O) groups excluding carboxylic acids is 1. The average Bonchev–Trinajstić information content (AvgIpc) is 2.26. The topological polar surface area (TPSA) is 81.7 Å². The number of carbonyl (C=O) groups is 2. The van der Waals surface area contributed by atoms with Gasteiger partial charge in [-0.1, -0.05) is 0 Å². The Balaban J connectivity index is 2.42. The van der Waals surface area contributed by atoms with Crippen molar-refractivity contribution in [1.29, 1.82) is 0 Å². The summed E-state index contributed by atoms with van der Waals surface area (Å²) in [6.45, 7) is 2.40. The van der Waals surface area contributed by atoms with E-state index in [-0.39, 0.29) is 5.91 Å². The quantitative estimate of drug-likeness (QED) is 0.530. The standard InChI is InChI=1S/C9H17N3O3/c1-10-8(13)2-4-12-5-3-11-6-7(12)9(14)15/h7,11H,2-6H2,1H3,(H,10,13)(H,14,15). The zero-order valence-electron chi connectivity index (χ0n) is 8.82. The highest BCUT2D eigenvalue weighted by Crippen LogP contribution is 2.04. The third-order valence-electron chi connectivity index (χ3n) is 2.54. The van der Waals surface area contributed by atoms with E-state index in [0.29, 0.717) is 26.1 Å². The van der Waals surface area contributed by atoms with Crippen LogP contribution in [0.2, 0.25) is 0 Å². The minimum absolute atomic E-state index is 0.0577. The van der Waals surface area contributed by atoms with Crippen LogP contribution in [0.25, 0.3) is 0 Å². The van der Waals surface area contributed by atoms with Gasteiger partial charge in [0.05, 0.1) is 0 Å². The first-order chi connectivity index (χ1) is 7.15. The second-order valence-electron chi connectivity index (χ2n) is 3.52. The largest absolute Gasteiger partial charge is 0.480 e. The smallest absolute Gasteiger partial charge is 0.322 e. The predicted octanol–water partition coefficient (Wildman–Crippen LogP) is -1.52. The molecule has 1 aliphatic rings. The zero-order valence-corrected chi connectivity index (χ0v) is 8.82. The molecule has 1 fully saturated rings. The van der Waals surface area contributed by atoms with E-state index in [4.69, 9.17) is 5.11 Å². The highest BCUT2D eigenvalue weighted by Gasteiger charge is 2.27. The molecule has 1 rings (SSSR count). The Kier molecular flexibility index (Phi) is 4.51. The first-order valence-electron chi connectivity index (χ1n) is 5.03. The first kappa shape index (κ1) is 11.9. The van der Waals surface area contributed by atoms with E-state index in [1.165, 1.54) is 0 Å². The molecule has 0 aromatic heterocycles. The molecule has 0 aliphatic carbocycles. The van der Waals surface area contributed by atoms with Crippen molar-refractivity contribution in [2.24, 2.45) is 0 Å². The molecular weight excluding hydrogens is 198 g/mol. The minimum Gasteiger partial charge on any atom is -0.480 e. The first-order valence-corrected chi connectivity index (χ1v) is 5.03. The second-order valence-corrected chi connectivity index (χ2v) is 3.52. The molecule has 0 aromatic carbocycles. The van der Waals surface area contributed by atoms with Gasteiger partial charge in [-0.05, 0) is 0 Å². The third kappa shape index (κ3) is 3.49. The van der Waals surface area contributed by atoms with Gasteiger partial charge >= 0.3 is 5.97 Å². The fraction of sp³-hybridized carbons (Fsp3) is 0.778. The van der Waals surface area contributed by atoms with Gasteiger partial charge in [0.25, 0.3) is 0 Å².